The summed E-state index contributed by atoms with van der Waals surface area (Å²) in [7, 11) is -4.32. The van der Waals surface area contributed by atoms with Crippen molar-refractivity contribution in [2.45, 2.75) is 139 Å². The molecule has 4 heterocycles. The Morgan fingerprint density at radius 2 is 1.25 bits per heavy atom. The standard InChI is InChI=1S/C54H63F7N10O7S/c1-30(13-18-47(72)66-42(26-49(74)71-20-9-8-12-46(71)54(59,60)61)52(75)64-32(3)50-62-28-44(67-50)38-16-14-35(55)24-40(38)57)22-34-19-21-70(31(2)23-34)48(73)27-43(69-79(77,78)37-10-6-5-7-11-37)53(76)65-33(4)51-63-29-45(68-51)39-17-15-36(56)25-41(39)58/h5-7,10-11,14-17,24-25,28-34,42-43,46,69H,8-9,12-13,18-23,26-27H2,1-4H3,(H,62,67)(H,63,68)(H,64,75)(H,65,76)(H,66,72)/t30?,31-,32-,33-,34?,42-,43-,46+/m0/s1. The zero-order chi connectivity index (χ0) is 57.3. The molecule has 0 radical (unpaired) electrons. The van der Waals surface area contributed by atoms with Crippen molar-refractivity contribution in [3.05, 3.63) is 114 Å². The monoisotopic (exact) mass is 1130 g/mol. The van der Waals surface area contributed by atoms with Crippen LogP contribution in [0.25, 0.3) is 22.5 Å². The van der Waals surface area contributed by atoms with Gasteiger partial charge in [-0.25, -0.2) is 35.9 Å². The van der Waals surface area contributed by atoms with E-state index in [4.69, 9.17) is 0 Å². The summed E-state index contributed by atoms with van der Waals surface area (Å²) in [5.41, 5.74) is 0.384. The van der Waals surface area contributed by atoms with Crippen LogP contribution in [0.1, 0.15) is 116 Å². The Balaban J connectivity index is 0.950. The Labute approximate surface area is 452 Å². The lowest BCUT2D eigenvalue weighted by Crippen LogP contribution is -2.55. The van der Waals surface area contributed by atoms with Gasteiger partial charge in [-0.3, -0.25) is 24.0 Å². The zero-order valence-corrected chi connectivity index (χ0v) is 44.6. The van der Waals surface area contributed by atoms with Crippen molar-refractivity contribution < 1.29 is 63.1 Å². The number of benzene rings is 3. The van der Waals surface area contributed by atoms with E-state index in [-0.39, 0.29) is 89.3 Å². The molecule has 79 heavy (non-hydrogen) atoms. The molecule has 2 saturated heterocycles. The number of likely N-dealkylation sites (tertiary alicyclic amines) is 2. The van der Waals surface area contributed by atoms with Crippen molar-refractivity contribution in [1.82, 2.24) is 50.4 Å². The molecule has 0 spiro atoms. The van der Waals surface area contributed by atoms with Crippen molar-refractivity contribution in [1.29, 1.82) is 0 Å². The fraction of sp³-hybridized carbons (Fsp3) is 0.463. The molecule has 8 atom stereocenters. The molecule has 2 unspecified atom stereocenters. The minimum atomic E-state index is -4.72. The molecule has 2 aliphatic heterocycles. The van der Waals surface area contributed by atoms with E-state index in [0.717, 1.165) is 12.1 Å². The third-order valence-corrected chi connectivity index (χ3v) is 15.8. The number of carbonyl (C=O) groups is 5. The summed E-state index contributed by atoms with van der Waals surface area (Å²) in [6, 6.07) is 5.84. The fourth-order valence-corrected chi connectivity index (χ4v) is 11.4. The topological polar surface area (TPSA) is 231 Å². The molecule has 5 amide bonds. The van der Waals surface area contributed by atoms with Crippen LogP contribution in [0, 0.1) is 35.1 Å². The van der Waals surface area contributed by atoms with Gasteiger partial charge >= 0.3 is 6.18 Å². The molecule has 17 nitrogen and oxygen atoms in total. The van der Waals surface area contributed by atoms with Crippen LogP contribution in [0.15, 0.2) is 84.0 Å². The first-order valence-electron chi connectivity index (χ1n) is 26.0. The first-order valence-corrected chi connectivity index (χ1v) is 27.5. The first kappa shape index (κ1) is 59.5. The second kappa shape index (κ2) is 25.8. The van der Waals surface area contributed by atoms with Crippen molar-refractivity contribution >= 4 is 39.6 Å². The third-order valence-electron chi connectivity index (χ3n) is 14.4. The van der Waals surface area contributed by atoms with Gasteiger partial charge in [-0.05, 0) is 114 Å². The van der Waals surface area contributed by atoms with Gasteiger partial charge in [0.25, 0.3) is 0 Å². The minimum absolute atomic E-state index is 0.00227. The van der Waals surface area contributed by atoms with Crippen molar-refractivity contribution in [2.75, 3.05) is 13.1 Å². The molecule has 2 fully saturated rings. The lowest BCUT2D eigenvalue weighted by Gasteiger charge is -2.39. The number of aromatic amines is 2. The summed E-state index contributed by atoms with van der Waals surface area (Å²) in [6.07, 6.45) is -1.35. The van der Waals surface area contributed by atoms with Crippen LogP contribution in [-0.4, -0.2) is 111 Å². The molecule has 426 valence electrons. The number of aromatic nitrogens is 4. The number of alkyl halides is 3. The lowest BCUT2D eigenvalue weighted by atomic mass is 9.83. The summed E-state index contributed by atoms with van der Waals surface area (Å²) >= 11 is 0. The van der Waals surface area contributed by atoms with Gasteiger partial charge in [0.15, 0.2) is 0 Å². The Kier molecular flexibility index (Phi) is 19.4. The second-order valence-corrected chi connectivity index (χ2v) is 22.1. The number of carbonyl (C=O) groups excluding carboxylic acids is 5. The number of rotatable bonds is 21. The van der Waals surface area contributed by atoms with Gasteiger partial charge in [0.1, 0.15) is 53.0 Å². The molecule has 25 heteroatoms. The number of imidazole rings is 2. The maximum Gasteiger partial charge on any atom is 0.408 e. The van der Waals surface area contributed by atoms with Crippen molar-refractivity contribution in [3.8, 4) is 22.5 Å². The van der Waals surface area contributed by atoms with Gasteiger partial charge in [0, 0.05) is 48.8 Å². The smallest absolute Gasteiger partial charge is 0.345 e. The molecule has 7 rings (SSSR count). The SMILES string of the molecule is CC(CCC(=O)N[C@@H](CC(=O)N1CCCC[C@@H]1C(F)(F)F)C(=O)N[C@@H](C)c1ncc(-c2ccc(F)cc2F)[nH]1)CC1CCN(C(=O)C[C@H](NS(=O)(=O)c2ccccc2)C(=O)N[C@@H](C)c2ncc(-c3ccc(F)cc3F)[nH]2)[C@@H](C)C1. The number of piperidine rings is 2. The molecule has 2 aliphatic rings. The summed E-state index contributed by atoms with van der Waals surface area (Å²) in [6.45, 7) is 6.88. The molecule has 0 saturated carbocycles. The highest BCUT2D eigenvalue weighted by Gasteiger charge is 2.47. The van der Waals surface area contributed by atoms with Gasteiger partial charge in [0.05, 0.1) is 53.6 Å². The molecule has 0 aliphatic carbocycles. The number of amides is 5. The van der Waals surface area contributed by atoms with Crippen LogP contribution in [0.3, 0.4) is 0 Å². The average molecular weight is 1130 g/mol. The summed E-state index contributed by atoms with van der Waals surface area (Å²) < 4.78 is 128. The number of sulfonamides is 1. The zero-order valence-electron chi connectivity index (χ0n) is 43.8. The average Bonchev–Trinajstić information content (AvgIpc) is 4.10. The van der Waals surface area contributed by atoms with E-state index in [1.54, 1.807) is 17.9 Å². The van der Waals surface area contributed by atoms with Gasteiger partial charge in [-0.15, -0.1) is 0 Å². The highest BCUT2D eigenvalue weighted by atomic mass is 32.2. The molecule has 0 bridgehead atoms. The predicted octanol–water partition coefficient (Wildman–Crippen LogP) is 8.07. The molecular formula is C54H63F7N10O7S. The van der Waals surface area contributed by atoms with Crippen LogP contribution < -0.4 is 20.7 Å². The van der Waals surface area contributed by atoms with Gasteiger partial charge < -0.3 is 35.7 Å². The van der Waals surface area contributed by atoms with E-state index in [2.05, 4.69) is 40.6 Å². The van der Waals surface area contributed by atoms with Crippen molar-refractivity contribution in [3.63, 3.8) is 0 Å². The number of halogens is 7. The van der Waals surface area contributed by atoms with Crippen molar-refractivity contribution in [2.24, 2.45) is 11.8 Å². The quantitative estimate of drug-likeness (QED) is 0.0390. The highest BCUT2D eigenvalue weighted by Crippen LogP contribution is 2.34. The van der Waals surface area contributed by atoms with Crippen LogP contribution in [0.2, 0.25) is 0 Å². The largest absolute Gasteiger partial charge is 0.408 e. The molecular weight excluding hydrogens is 1070 g/mol. The van der Waals surface area contributed by atoms with E-state index in [1.807, 2.05) is 13.8 Å². The Hall–Kier alpha value is -7.15. The maximum absolute atomic E-state index is 14.5. The van der Waals surface area contributed by atoms with Crippen LogP contribution in [-0.2, 0) is 34.0 Å². The number of H-pyrrole nitrogens is 2. The Morgan fingerprint density at radius 3 is 1.80 bits per heavy atom. The minimum Gasteiger partial charge on any atom is -0.345 e. The maximum atomic E-state index is 14.5. The van der Waals surface area contributed by atoms with E-state index in [1.165, 1.54) is 55.7 Å². The normalized spacial score (nSPS) is 18.9. The summed E-state index contributed by atoms with van der Waals surface area (Å²) in [5, 5.41) is 7.88. The highest BCUT2D eigenvalue weighted by molar-refractivity contribution is 7.89. The Morgan fingerprint density at radius 1 is 0.709 bits per heavy atom. The van der Waals surface area contributed by atoms with Gasteiger partial charge in [0.2, 0.25) is 39.6 Å². The number of nitrogens with one attached hydrogen (secondary N) is 6. The van der Waals surface area contributed by atoms with Crippen LogP contribution in [0.5, 0.6) is 0 Å². The molecule has 6 N–H and O–H groups in total. The number of hydrogen-bond acceptors (Lipinski definition) is 9. The summed E-state index contributed by atoms with van der Waals surface area (Å²) in [5.74, 6) is -6.83. The van der Waals surface area contributed by atoms with Crippen LogP contribution >= 0.6 is 0 Å². The van der Waals surface area contributed by atoms with Gasteiger partial charge in [-0.1, -0.05) is 25.1 Å². The van der Waals surface area contributed by atoms with E-state index in [0.29, 0.717) is 49.1 Å². The lowest BCUT2D eigenvalue weighted by molar-refractivity contribution is -0.196. The van der Waals surface area contributed by atoms with E-state index in [9.17, 15) is 63.1 Å². The number of nitrogens with zero attached hydrogens (tertiary/aromatic N) is 4. The summed E-state index contributed by atoms with van der Waals surface area (Å²) in [4.78, 5) is 85.2. The molecule has 3 aromatic carbocycles. The fourth-order valence-electron chi connectivity index (χ4n) is 10.2. The predicted molar refractivity (Wildman–Crippen MR) is 275 cm³/mol. The Bertz CT molecular complexity index is 3090. The first-order chi connectivity index (χ1) is 37.4. The van der Waals surface area contributed by atoms with E-state index < -0.39 is 112 Å². The molecule has 5 aromatic rings. The van der Waals surface area contributed by atoms with Crippen LogP contribution in [0.4, 0.5) is 30.7 Å². The third kappa shape index (κ3) is 15.6. The second-order valence-electron chi connectivity index (χ2n) is 20.4. The van der Waals surface area contributed by atoms with E-state index >= 15 is 0 Å². The molecule has 2 aromatic heterocycles. The van der Waals surface area contributed by atoms with Gasteiger partial charge in [-0.2, -0.15) is 17.9 Å². The number of hydrogen-bond donors (Lipinski definition) is 6.